The average molecular weight is 1430 g/mol. The van der Waals surface area contributed by atoms with Crippen LogP contribution in [0.1, 0.15) is 173 Å². The van der Waals surface area contributed by atoms with Crippen molar-refractivity contribution in [1.29, 1.82) is 0 Å². The summed E-state index contributed by atoms with van der Waals surface area (Å²) in [6.07, 6.45) is -5.99. The summed E-state index contributed by atoms with van der Waals surface area (Å²) >= 11 is 0. The number of carbonyl (C=O) groups is 16. The molecule has 100 heavy (non-hydrogen) atoms. The van der Waals surface area contributed by atoms with Crippen LogP contribution in [-0.4, -0.2) is 212 Å². The average Bonchev–Trinajstić information content (AvgIpc) is 0.859. The molecule has 0 heterocycles. The molecule has 0 aliphatic carbocycles. The van der Waals surface area contributed by atoms with E-state index in [0.29, 0.717) is 0 Å². The van der Waals surface area contributed by atoms with Crippen molar-refractivity contribution in [2.75, 3.05) is 13.2 Å². The largest absolute Gasteiger partial charge is 0.481 e. The molecular weight excluding hydrogens is 1320 g/mol. The van der Waals surface area contributed by atoms with E-state index in [4.69, 9.17) is 22.9 Å². The number of aliphatic hydroxyl groups excluding tert-OH is 1. The van der Waals surface area contributed by atoms with Gasteiger partial charge in [-0.2, -0.15) is 0 Å². The van der Waals surface area contributed by atoms with Crippen molar-refractivity contribution in [1.82, 2.24) is 63.8 Å². The van der Waals surface area contributed by atoms with Gasteiger partial charge in [0.25, 0.3) is 0 Å². The number of nitrogens with one attached hydrogen (secondary N) is 12. The monoisotopic (exact) mass is 1430 g/mol. The summed E-state index contributed by atoms with van der Waals surface area (Å²) in [6.45, 7) is 19.5. The van der Waals surface area contributed by atoms with Crippen LogP contribution in [-0.2, 0) is 76.7 Å². The molecule has 0 aliphatic rings. The first-order valence-corrected chi connectivity index (χ1v) is 33.5. The molecule has 0 saturated heterocycles. The van der Waals surface area contributed by atoms with Crippen LogP contribution in [0.25, 0.3) is 0 Å². The van der Waals surface area contributed by atoms with E-state index >= 15 is 0 Å². The van der Waals surface area contributed by atoms with Crippen molar-refractivity contribution in [2.45, 2.75) is 252 Å². The van der Waals surface area contributed by atoms with Gasteiger partial charge in [0.1, 0.15) is 72.7 Å². The van der Waals surface area contributed by atoms with Gasteiger partial charge in [0, 0.05) is 12.8 Å². The topological polar surface area (TPSA) is 623 Å². The van der Waals surface area contributed by atoms with Gasteiger partial charge in [-0.25, -0.2) is 4.79 Å². The fraction of sp³-hybridized carbons (Fsp3) is 0.746. The smallest absolute Gasteiger partial charge is 0.326 e. The summed E-state index contributed by atoms with van der Waals surface area (Å²) in [6, 6.07) is -19.0. The normalized spacial score (nSPS) is 15.1. The molecule has 0 aliphatic heterocycles. The number of nitrogens with two attached hydrogens (primary N) is 4. The standard InChI is InChI=1S/C63H112N16O21/c1-29(2)20-35(64)51(88)79-46(28-80)61(98)71-38(16-18-49(84)85)54(91)73-41(23-32(7)8)58(95)77-44(27-50(86)87)60(97)69-36(14-13-19-68-63(66)67)52(89)72-40(22-31(5)6)56(93)76-42(24-33(9)10)57(94)75-39(21-30(3)4)55(92)70-37(15-17-48(82)83)53(90)74-43(25-34(11)12)59(96)78-45(62(99)100)26-47(65)81/h29-46,63,68,80H,13-28,64,66-67H2,1-12H3,(H2,65,81)(H,69,97)(H,70,92)(H,71,98)(H,72,89)(H,73,91)(H,74,90)(H,75,94)(H,76,93)(H,77,95)(H,78,96)(H,79,88)(H,82,83)(H,84,85)(H,86,87)(H,99,100)/t35-,36-,37-,38-,39-,40-,41-,42-,43-,44-,45-,46-/m0/s1. The quantitative estimate of drug-likeness (QED) is 0.0202. The fourth-order valence-electron chi connectivity index (χ4n) is 10.0. The minimum absolute atomic E-state index is 0.0281. The van der Waals surface area contributed by atoms with Crippen LogP contribution in [0.15, 0.2) is 0 Å². The molecule has 0 unspecified atom stereocenters. The van der Waals surface area contributed by atoms with E-state index in [1.165, 1.54) is 0 Å². The van der Waals surface area contributed by atoms with Crippen LogP contribution in [0.4, 0.5) is 0 Å². The van der Waals surface area contributed by atoms with Gasteiger partial charge in [0.05, 0.1) is 25.5 Å². The Kier molecular flexibility index (Phi) is 42.6. The summed E-state index contributed by atoms with van der Waals surface area (Å²) in [5.74, 6) is -20.2. The molecule has 12 atom stereocenters. The highest BCUT2D eigenvalue weighted by Crippen LogP contribution is 2.16. The minimum atomic E-state index is -1.99. The molecule has 37 nitrogen and oxygen atoms in total. The van der Waals surface area contributed by atoms with Crippen molar-refractivity contribution in [2.24, 2.45) is 58.4 Å². The maximum Gasteiger partial charge on any atom is 0.326 e. The van der Waals surface area contributed by atoms with Gasteiger partial charge in [0.2, 0.25) is 70.9 Å². The fourth-order valence-corrected chi connectivity index (χ4v) is 10.0. The second kappa shape index (κ2) is 46.6. The predicted octanol–water partition coefficient (Wildman–Crippen LogP) is -4.35. The Bertz CT molecular complexity index is 2770. The predicted molar refractivity (Wildman–Crippen MR) is 360 cm³/mol. The Morgan fingerprint density at radius 1 is 0.310 bits per heavy atom. The lowest BCUT2D eigenvalue weighted by molar-refractivity contribution is -0.144. The number of carboxylic acids is 4. The van der Waals surface area contributed by atoms with Crippen molar-refractivity contribution >= 4 is 94.8 Å². The van der Waals surface area contributed by atoms with Crippen LogP contribution in [0, 0.1) is 35.5 Å². The molecule has 0 saturated carbocycles. The second-order valence-electron chi connectivity index (χ2n) is 27.3. The summed E-state index contributed by atoms with van der Waals surface area (Å²) in [5.41, 5.74) is 22.4. The molecule has 0 fully saturated rings. The maximum atomic E-state index is 14.5. The highest BCUT2D eigenvalue weighted by Gasteiger charge is 2.38. The van der Waals surface area contributed by atoms with Crippen LogP contribution in [0.2, 0.25) is 0 Å². The Hall–Kier alpha value is -8.68. The number of aliphatic carboxylic acids is 4. The van der Waals surface area contributed by atoms with Crippen LogP contribution in [0.3, 0.4) is 0 Å². The van der Waals surface area contributed by atoms with Crippen molar-refractivity contribution in [3.05, 3.63) is 0 Å². The molecule has 570 valence electrons. The van der Waals surface area contributed by atoms with E-state index in [-0.39, 0.29) is 87.5 Å². The molecule has 0 aromatic carbocycles. The molecule has 0 aromatic heterocycles. The van der Waals surface area contributed by atoms with Crippen LogP contribution < -0.4 is 86.7 Å². The van der Waals surface area contributed by atoms with E-state index in [2.05, 4.69) is 63.8 Å². The Labute approximate surface area is 582 Å². The number of aliphatic hydroxyl groups is 1. The number of amides is 12. The SMILES string of the molecule is CC(C)C[C@H](NC(=O)[C@H](CCC(=O)O)NC(=O)[C@H](CC(C)C)NC(=O)[C@H](CC(C)C)NC(=O)[C@H](CC(C)C)NC(=O)[C@H](CCCNC(N)N)NC(=O)[C@H](CC(=O)O)NC(=O)[C@H](CC(C)C)NC(=O)[C@H](CCC(=O)O)NC(=O)[C@H](CO)NC(=O)[C@@H](N)CC(C)C)C(=O)N[C@@H](CC(N)=O)C(=O)O. The second-order valence-corrected chi connectivity index (χ2v) is 27.3. The highest BCUT2D eigenvalue weighted by molar-refractivity contribution is 6.00. The lowest BCUT2D eigenvalue weighted by atomic mass is 9.98. The van der Waals surface area contributed by atoms with Crippen molar-refractivity contribution in [3.63, 3.8) is 0 Å². The molecule has 0 rings (SSSR count). The Morgan fingerprint density at radius 3 is 0.840 bits per heavy atom. The van der Waals surface area contributed by atoms with E-state index in [9.17, 15) is 102 Å². The zero-order chi connectivity index (χ0) is 77.0. The van der Waals surface area contributed by atoms with Gasteiger partial charge in [-0.1, -0.05) is 83.1 Å². The van der Waals surface area contributed by atoms with E-state index in [1.54, 1.807) is 83.1 Å². The van der Waals surface area contributed by atoms with Gasteiger partial charge in [-0.05, 0) is 106 Å². The Morgan fingerprint density at radius 2 is 0.570 bits per heavy atom. The zero-order valence-corrected chi connectivity index (χ0v) is 59.4. The van der Waals surface area contributed by atoms with Crippen LogP contribution in [0.5, 0.6) is 0 Å². The number of primary amides is 1. The first-order valence-electron chi connectivity index (χ1n) is 33.5. The lowest BCUT2D eigenvalue weighted by Gasteiger charge is -2.29. The number of hydrogen-bond acceptors (Lipinski definition) is 21. The van der Waals surface area contributed by atoms with E-state index < -0.39 is 225 Å². The zero-order valence-electron chi connectivity index (χ0n) is 59.4. The third-order valence-corrected chi connectivity index (χ3v) is 14.9. The van der Waals surface area contributed by atoms with Gasteiger partial charge in [0.15, 0.2) is 0 Å². The third kappa shape index (κ3) is 38.6. The molecule has 0 spiro atoms. The highest BCUT2D eigenvalue weighted by atomic mass is 16.4. The maximum absolute atomic E-state index is 14.5. The number of carbonyl (C=O) groups excluding carboxylic acids is 12. The lowest BCUT2D eigenvalue weighted by Crippen LogP contribution is -2.61. The van der Waals surface area contributed by atoms with Crippen molar-refractivity contribution < 1.29 is 102 Å². The summed E-state index contributed by atoms with van der Waals surface area (Å²) in [5, 5.41) is 78.2. The third-order valence-electron chi connectivity index (χ3n) is 14.9. The van der Waals surface area contributed by atoms with Gasteiger partial charge in [-0.15, -0.1) is 0 Å². The van der Waals surface area contributed by atoms with E-state index in [1.807, 2.05) is 0 Å². The van der Waals surface area contributed by atoms with E-state index in [0.717, 1.165) is 0 Å². The van der Waals surface area contributed by atoms with Gasteiger partial charge in [-0.3, -0.25) is 77.2 Å². The summed E-state index contributed by atoms with van der Waals surface area (Å²) < 4.78 is 0. The Balaban J connectivity index is 7.23. The van der Waals surface area contributed by atoms with Crippen LogP contribution >= 0.6 is 0 Å². The molecule has 0 aromatic rings. The van der Waals surface area contributed by atoms with Crippen molar-refractivity contribution in [3.8, 4) is 0 Å². The summed E-state index contributed by atoms with van der Waals surface area (Å²) in [4.78, 5) is 213. The molecule has 25 N–H and O–H groups in total. The number of carboxylic acid groups (broad SMARTS) is 4. The first kappa shape index (κ1) is 91.3. The summed E-state index contributed by atoms with van der Waals surface area (Å²) in [7, 11) is 0. The number of rotatable bonds is 51. The van der Waals surface area contributed by atoms with Gasteiger partial charge < -0.3 is 107 Å². The molecule has 12 amide bonds. The van der Waals surface area contributed by atoms with Gasteiger partial charge >= 0.3 is 23.9 Å². The molecular formula is C63H112N16O21. The minimum Gasteiger partial charge on any atom is -0.481 e. The molecule has 0 bridgehead atoms. The first-order chi connectivity index (χ1) is 46.4. The molecule has 0 radical (unpaired) electrons. The number of hydrogen-bond donors (Lipinski definition) is 21. The molecule has 37 heteroatoms.